The molecule has 9 heteroatoms. The fourth-order valence-electron chi connectivity index (χ4n) is 2.73. The molecular weight excluding hydrogens is 419 g/mol. The highest BCUT2D eigenvalue weighted by molar-refractivity contribution is 6.42. The van der Waals surface area contributed by atoms with Crippen molar-refractivity contribution >= 4 is 46.0 Å². The summed E-state index contributed by atoms with van der Waals surface area (Å²) in [5, 5.41) is 13.0. The Hall–Kier alpha value is -2.90. The van der Waals surface area contributed by atoms with Gasteiger partial charge in [-0.15, -0.1) is 0 Å². The number of hydrogen-bond donors (Lipinski definition) is 0. The maximum absolute atomic E-state index is 12.7. The van der Waals surface area contributed by atoms with Crippen molar-refractivity contribution in [3.05, 3.63) is 68.6 Å². The summed E-state index contributed by atoms with van der Waals surface area (Å²) in [6, 6.07) is 9.15. The molecule has 2 aromatic carbocycles. The van der Waals surface area contributed by atoms with Crippen LogP contribution in [-0.4, -0.2) is 23.3 Å². The zero-order chi connectivity index (χ0) is 21.1. The highest BCUT2D eigenvalue weighted by Crippen LogP contribution is 2.26. The molecule has 0 bridgehead atoms. The van der Waals surface area contributed by atoms with Crippen molar-refractivity contribution in [3.63, 3.8) is 0 Å². The van der Waals surface area contributed by atoms with Gasteiger partial charge in [0.15, 0.2) is 5.69 Å². The van der Waals surface area contributed by atoms with Crippen LogP contribution in [0.4, 0.5) is 0 Å². The molecule has 0 unspecified atom stereocenters. The molecular formula is C20H16Cl2N2O5. The summed E-state index contributed by atoms with van der Waals surface area (Å²) in [7, 11) is 0. The first-order valence-corrected chi connectivity index (χ1v) is 9.39. The Morgan fingerprint density at radius 2 is 1.79 bits per heavy atom. The Balaban J connectivity index is 1.90. The monoisotopic (exact) mass is 434 g/mol. The first-order chi connectivity index (χ1) is 13.8. The molecule has 1 heterocycles. The average Bonchev–Trinajstić information content (AvgIpc) is 2.68. The van der Waals surface area contributed by atoms with Crippen LogP contribution in [-0.2, 0) is 11.3 Å². The number of ketones is 1. The van der Waals surface area contributed by atoms with Crippen LogP contribution in [0, 0.1) is 5.21 Å². The molecule has 0 amide bonds. The van der Waals surface area contributed by atoms with E-state index < -0.39 is 11.8 Å². The van der Waals surface area contributed by atoms with Crippen molar-refractivity contribution in [2.75, 3.05) is 6.61 Å². The molecule has 150 valence electrons. The van der Waals surface area contributed by atoms with E-state index in [2.05, 4.69) is 4.98 Å². The summed E-state index contributed by atoms with van der Waals surface area (Å²) in [6.45, 7) is 3.23. The minimum Gasteiger partial charge on any atom is -0.618 e. The number of ether oxygens (including phenoxy) is 2. The number of fused-ring (bicyclic) bond motifs is 1. The first-order valence-electron chi connectivity index (χ1n) is 8.64. The second-order valence-corrected chi connectivity index (χ2v) is 6.86. The predicted molar refractivity (Wildman–Crippen MR) is 107 cm³/mol. The number of carbonyl (C=O) groups excluding carboxylic acids is 2. The van der Waals surface area contributed by atoms with E-state index in [1.807, 2.05) is 6.92 Å². The van der Waals surface area contributed by atoms with Gasteiger partial charge in [0.05, 0.1) is 22.2 Å². The van der Waals surface area contributed by atoms with Crippen molar-refractivity contribution in [3.8, 4) is 5.75 Å². The van der Waals surface area contributed by atoms with E-state index in [9.17, 15) is 14.8 Å². The van der Waals surface area contributed by atoms with E-state index in [1.165, 1.54) is 19.1 Å². The summed E-state index contributed by atoms with van der Waals surface area (Å²) >= 11 is 11.9. The minimum atomic E-state index is -0.629. The van der Waals surface area contributed by atoms with E-state index in [4.69, 9.17) is 32.7 Å². The van der Waals surface area contributed by atoms with Gasteiger partial charge in [0, 0.05) is 13.0 Å². The van der Waals surface area contributed by atoms with Gasteiger partial charge in [-0.25, -0.2) is 9.78 Å². The Morgan fingerprint density at radius 3 is 2.41 bits per heavy atom. The third-order valence-corrected chi connectivity index (χ3v) is 4.76. The maximum atomic E-state index is 12.7. The zero-order valence-corrected chi connectivity index (χ0v) is 17.1. The lowest BCUT2D eigenvalue weighted by Crippen LogP contribution is -2.37. The molecule has 29 heavy (non-hydrogen) atoms. The Labute approximate surface area is 176 Å². The molecule has 3 aromatic rings. The van der Waals surface area contributed by atoms with E-state index in [-0.39, 0.29) is 39.1 Å². The number of carbonyl (C=O) groups is 2. The summed E-state index contributed by atoms with van der Waals surface area (Å²) in [5.74, 6) is -0.523. The minimum absolute atomic E-state index is 0.0256. The van der Waals surface area contributed by atoms with E-state index in [0.717, 1.165) is 0 Å². The van der Waals surface area contributed by atoms with Gasteiger partial charge in [-0.2, -0.15) is 4.73 Å². The van der Waals surface area contributed by atoms with Crippen LogP contribution in [0.5, 0.6) is 5.75 Å². The molecule has 7 nitrogen and oxygen atoms in total. The number of benzene rings is 2. The van der Waals surface area contributed by atoms with Gasteiger partial charge in [-0.3, -0.25) is 4.79 Å². The number of nitrogens with zero attached hydrogens (tertiary/aromatic N) is 2. The summed E-state index contributed by atoms with van der Waals surface area (Å²) in [6.07, 6.45) is 0. The Kier molecular flexibility index (Phi) is 6.20. The molecule has 0 radical (unpaired) electrons. The van der Waals surface area contributed by atoms with Crippen LogP contribution in [0.1, 0.15) is 40.4 Å². The van der Waals surface area contributed by atoms with Gasteiger partial charge >= 0.3 is 5.97 Å². The molecule has 0 fully saturated rings. The normalized spacial score (nSPS) is 10.8. The van der Waals surface area contributed by atoms with Crippen molar-refractivity contribution in [1.82, 2.24) is 4.98 Å². The van der Waals surface area contributed by atoms with E-state index >= 15 is 0 Å². The van der Waals surface area contributed by atoms with Crippen LogP contribution >= 0.6 is 23.2 Å². The van der Waals surface area contributed by atoms with Gasteiger partial charge in [0.1, 0.15) is 17.9 Å². The highest BCUT2D eigenvalue weighted by atomic mass is 35.5. The number of halogens is 2. The molecule has 0 aliphatic rings. The largest absolute Gasteiger partial charge is 0.618 e. The first kappa shape index (κ1) is 20.8. The van der Waals surface area contributed by atoms with Crippen molar-refractivity contribution in [2.45, 2.75) is 20.5 Å². The SMILES string of the molecule is CCOc1ccc(C(=O)OCc2nc3cc(Cl)c(Cl)cc3[n+]([O-])c2C(C)=O)cc1. The highest BCUT2D eigenvalue weighted by Gasteiger charge is 2.25. The summed E-state index contributed by atoms with van der Waals surface area (Å²) < 4.78 is 11.0. The molecule has 3 rings (SSSR count). The lowest BCUT2D eigenvalue weighted by atomic mass is 10.2. The van der Waals surface area contributed by atoms with Gasteiger partial charge in [0.2, 0.25) is 11.3 Å². The number of Topliss-reactive ketones (excluding diaryl/α,β-unsaturated/α-hetero) is 1. The Bertz CT molecular complexity index is 1100. The molecule has 1 aromatic heterocycles. The maximum Gasteiger partial charge on any atom is 0.338 e. The quantitative estimate of drug-likeness (QED) is 0.250. The van der Waals surface area contributed by atoms with Crippen LogP contribution in [0.15, 0.2) is 36.4 Å². The zero-order valence-electron chi connectivity index (χ0n) is 15.6. The lowest BCUT2D eigenvalue weighted by Gasteiger charge is -2.11. The van der Waals surface area contributed by atoms with Crippen molar-refractivity contribution in [1.29, 1.82) is 0 Å². The molecule has 0 N–H and O–H groups in total. The predicted octanol–water partition coefficient (Wildman–Crippen LogP) is 4.13. The third-order valence-electron chi connectivity index (χ3n) is 4.04. The average molecular weight is 435 g/mol. The summed E-state index contributed by atoms with van der Waals surface area (Å²) in [4.78, 5) is 28.6. The topological polar surface area (TPSA) is 92.4 Å². The smallest absolute Gasteiger partial charge is 0.338 e. The van der Waals surface area contributed by atoms with Gasteiger partial charge in [-0.05, 0) is 37.3 Å². The number of rotatable bonds is 6. The molecule has 0 spiro atoms. The van der Waals surface area contributed by atoms with Crippen LogP contribution in [0.3, 0.4) is 0 Å². The molecule has 0 saturated carbocycles. The van der Waals surface area contributed by atoms with Crippen LogP contribution in [0.2, 0.25) is 10.0 Å². The fourth-order valence-corrected chi connectivity index (χ4v) is 3.05. The van der Waals surface area contributed by atoms with Gasteiger partial charge < -0.3 is 14.7 Å². The van der Waals surface area contributed by atoms with Gasteiger partial charge in [-0.1, -0.05) is 23.2 Å². The van der Waals surface area contributed by atoms with Crippen molar-refractivity contribution < 1.29 is 23.8 Å². The Morgan fingerprint density at radius 1 is 1.14 bits per heavy atom. The second kappa shape index (κ2) is 8.63. The lowest BCUT2D eigenvalue weighted by molar-refractivity contribution is -0.580. The number of esters is 1. The van der Waals surface area contributed by atoms with Crippen LogP contribution < -0.4 is 9.47 Å². The number of aromatic nitrogens is 2. The summed E-state index contributed by atoms with van der Waals surface area (Å²) in [5.41, 5.74) is 0.411. The molecule has 0 saturated heterocycles. The standard InChI is InChI=1S/C20H16Cl2N2O5/c1-3-28-13-6-4-12(5-7-13)20(26)29-10-17-19(11(2)25)24(27)18-9-15(22)14(21)8-16(18)23-17/h4-9H,3,10H2,1-2H3. The molecule has 0 atom stereocenters. The van der Waals surface area contributed by atoms with Crippen molar-refractivity contribution in [2.24, 2.45) is 0 Å². The number of hydrogen-bond acceptors (Lipinski definition) is 6. The van der Waals surface area contributed by atoms with Gasteiger partial charge in [0.25, 0.3) is 5.69 Å². The van der Waals surface area contributed by atoms with E-state index in [1.54, 1.807) is 24.3 Å². The molecule has 0 aliphatic carbocycles. The second-order valence-electron chi connectivity index (χ2n) is 6.05. The van der Waals surface area contributed by atoms with Crippen LogP contribution in [0.25, 0.3) is 11.0 Å². The van der Waals surface area contributed by atoms with E-state index in [0.29, 0.717) is 22.7 Å². The fraction of sp³-hybridized carbons (Fsp3) is 0.200. The third kappa shape index (κ3) is 4.41. The molecule has 0 aliphatic heterocycles.